The van der Waals surface area contributed by atoms with Crippen LogP contribution in [0.15, 0.2) is 12.1 Å². The Balaban J connectivity index is 3.27. The van der Waals surface area contributed by atoms with E-state index in [0.717, 1.165) is 11.1 Å². The molecule has 12 heavy (non-hydrogen) atoms. The lowest BCUT2D eigenvalue weighted by Crippen LogP contribution is -2.06. The maximum Gasteiger partial charge on any atom is 0.0624 e. The monoisotopic (exact) mass is 203 g/mol. The van der Waals surface area contributed by atoms with Crippen LogP contribution in [-0.4, -0.2) is 0 Å². The summed E-state index contributed by atoms with van der Waals surface area (Å²) in [4.78, 5) is 0. The van der Waals surface area contributed by atoms with Crippen molar-refractivity contribution in [1.82, 2.24) is 0 Å². The lowest BCUT2D eigenvalue weighted by Gasteiger charge is -2.11. The van der Waals surface area contributed by atoms with Gasteiger partial charge in [-0.15, -0.1) is 0 Å². The fourth-order valence-corrected chi connectivity index (χ4v) is 1.54. The fourth-order valence-electron chi connectivity index (χ4n) is 1.16. The molecule has 0 saturated carbocycles. The van der Waals surface area contributed by atoms with E-state index in [1.165, 1.54) is 0 Å². The summed E-state index contributed by atoms with van der Waals surface area (Å²) in [6, 6.07) is 3.68. The maximum atomic E-state index is 5.94. The second kappa shape index (κ2) is 3.65. The molecular weight excluding hydrogens is 193 g/mol. The highest BCUT2D eigenvalue weighted by atomic mass is 35.5. The second-order valence-corrected chi connectivity index (χ2v) is 3.65. The molecule has 0 fully saturated rings. The van der Waals surface area contributed by atoms with E-state index in [2.05, 4.69) is 0 Å². The molecule has 1 atom stereocenters. The van der Waals surface area contributed by atoms with Crippen molar-refractivity contribution in [2.75, 3.05) is 0 Å². The number of nitrogens with two attached hydrogens (primary N) is 1. The zero-order valence-electron chi connectivity index (χ0n) is 7.07. The van der Waals surface area contributed by atoms with Crippen LogP contribution in [0.2, 0.25) is 10.0 Å². The predicted octanol–water partition coefficient (Wildman–Crippen LogP) is 3.32. The van der Waals surface area contributed by atoms with E-state index in [-0.39, 0.29) is 6.04 Å². The molecule has 0 aliphatic heterocycles. The highest BCUT2D eigenvalue weighted by Crippen LogP contribution is 2.29. The van der Waals surface area contributed by atoms with E-state index >= 15 is 0 Å². The minimum atomic E-state index is -0.000216. The minimum Gasteiger partial charge on any atom is -0.324 e. The third-order valence-corrected chi connectivity index (χ3v) is 2.77. The van der Waals surface area contributed by atoms with Crippen molar-refractivity contribution < 1.29 is 0 Å². The largest absolute Gasteiger partial charge is 0.324 e. The molecule has 0 amide bonds. The first-order valence-corrected chi connectivity index (χ1v) is 4.49. The van der Waals surface area contributed by atoms with E-state index in [4.69, 9.17) is 28.9 Å². The van der Waals surface area contributed by atoms with E-state index in [1.807, 2.05) is 19.9 Å². The Morgan fingerprint density at radius 2 is 1.92 bits per heavy atom. The van der Waals surface area contributed by atoms with Crippen LogP contribution < -0.4 is 5.73 Å². The molecule has 0 heterocycles. The van der Waals surface area contributed by atoms with Crippen LogP contribution in [-0.2, 0) is 0 Å². The van der Waals surface area contributed by atoms with Gasteiger partial charge >= 0.3 is 0 Å². The molecule has 3 heteroatoms. The average molecular weight is 204 g/mol. The number of rotatable bonds is 1. The highest BCUT2D eigenvalue weighted by Gasteiger charge is 2.08. The molecule has 0 saturated heterocycles. The van der Waals surface area contributed by atoms with Crippen molar-refractivity contribution in [2.24, 2.45) is 5.73 Å². The molecule has 0 aliphatic carbocycles. The van der Waals surface area contributed by atoms with Crippen molar-refractivity contribution in [2.45, 2.75) is 19.9 Å². The number of hydrogen-bond donors (Lipinski definition) is 1. The Morgan fingerprint density at radius 3 is 2.42 bits per heavy atom. The van der Waals surface area contributed by atoms with Gasteiger partial charge < -0.3 is 5.73 Å². The normalized spacial score (nSPS) is 13.1. The molecule has 1 rings (SSSR count). The fraction of sp³-hybridized carbons (Fsp3) is 0.333. The van der Waals surface area contributed by atoms with Gasteiger partial charge in [0.05, 0.1) is 10.0 Å². The van der Waals surface area contributed by atoms with Crippen molar-refractivity contribution in [3.8, 4) is 0 Å². The summed E-state index contributed by atoms with van der Waals surface area (Å²) in [5, 5.41) is 1.19. The first kappa shape index (κ1) is 9.85. The maximum absolute atomic E-state index is 5.94. The van der Waals surface area contributed by atoms with Gasteiger partial charge in [0.25, 0.3) is 0 Å². The molecule has 0 radical (unpaired) electrons. The third-order valence-electron chi connectivity index (χ3n) is 1.87. The first-order chi connectivity index (χ1) is 5.54. The Labute approximate surface area is 82.5 Å². The minimum absolute atomic E-state index is 0.000216. The summed E-state index contributed by atoms with van der Waals surface area (Å²) >= 11 is 11.8. The van der Waals surface area contributed by atoms with Gasteiger partial charge in [-0.2, -0.15) is 0 Å². The molecule has 66 valence electrons. The quantitative estimate of drug-likeness (QED) is 0.745. The van der Waals surface area contributed by atoms with Gasteiger partial charge in [0.1, 0.15) is 0 Å². The molecule has 1 unspecified atom stereocenters. The topological polar surface area (TPSA) is 26.0 Å². The van der Waals surface area contributed by atoms with E-state index < -0.39 is 0 Å². The molecular formula is C9H11Cl2N. The van der Waals surface area contributed by atoms with E-state index in [9.17, 15) is 0 Å². The average Bonchev–Trinajstić information content (AvgIpc) is 2.00. The Kier molecular flexibility index (Phi) is 2.99. The van der Waals surface area contributed by atoms with Crippen molar-refractivity contribution >= 4 is 23.2 Å². The summed E-state index contributed by atoms with van der Waals surface area (Å²) in [7, 11) is 0. The summed E-state index contributed by atoms with van der Waals surface area (Å²) in [6.45, 7) is 3.85. The lowest BCUT2D eigenvalue weighted by molar-refractivity contribution is 0.810. The van der Waals surface area contributed by atoms with Crippen LogP contribution in [0.3, 0.4) is 0 Å². The lowest BCUT2D eigenvalue weighted by atomic mass is 10.0. The number of benzene rings is 1. The number of halogens is 2. The van der Waals surface area contributed by atoms with Crippen LogP contribution in [0.1, 0.15) is 24.1 Å². The van der Waals surface area contributed by atoms with Crippen LogP contribution in [0.4, 0.5) is 0 Å². The van der Waals surface area contributed by atoms with E-state index in [0.29, 0.717) is 10.0 Å². The van der Waals surface area contributed by atoms with Gasteiger partial charge in [-0.3, -0.25) is 0 Å². The van der Waals surface area contributed by atoms with Gasteiger partial charge in [0.2, 0.25) is 0 Å². The first-order valence-electron chi connectivity index (χ1n) is 3.74. The standard InChI is InChI=1S/C9H11Cl2N/c1-5-7(6(2)12)3-4-8(10)9(5)11/h3-4,6H,12H2,1-2H3. The highest BCUT2D eigenvalue weighted by molar-refractivity contribution is 6.42. The SMILES string of the molecule is Cc1c(C(C)N)ccc(Cl)c1Cl. The van der Waals surface area contributed by atoms with Gasteiger partial charge in [-0.25, -0.2) is 0 Å². The van der Waals surface area contributed by atoms with Gasteiger partial charge in [0, 0.05) is 6.04 Å². The van der Waals surface area contributed by atoms with Crippen molar-refractivity contribution in [3.05, 3.63) is 33.3 Å². The molecule has 0 spiro atoms. The third kappa shape index (κ3) is 1.74. The molecule has 1 nitrogen and oxygen atoms in total. The molecule has 1 aromatic carbocycles. The molecule has 1 aromatic rings. The van der Waals surface area contributed by atoms with Crippen molar-refractivity contribution in [1.29, 1.82) is 0 Å². The predicted molar refractivity (Wildman–Crippen MR) is 53.8 cm³/mol. The second-order valence-electron chi connectivity index (χ2n) is 2.86. The summed E-state index contributed by atoms with van der Waals surface area (Å²) in [6.07, 6.45) is 0. The molecule has 0 aliphatic rings. The molecule has 0 aromatic heterocycles. The van der Waals surface area contributed by atoms with Gasteiger partial charge in [-0.1, -0.05) is 29.3 Å². The van der Waals surface area contributed by atoms with Crippen LogP contribution in [0.25, 0.3) is 0 Å². The Morgan fingerprint density at radius 1 is 1.33 bits per heavy atom. The van der Waals surface area contributed by atoms with Crippen LogP contribution >= 0.6 is 23.2 Å². The van der Waals surface area contributed by atoms with Gasteiger partial charge in [-0.05, 0) is 31.0 Å². The smallest absolute Gasteiger partial charge is 0.0624 e. The molecule has 2 N–H and O–H groups in total. The Bertz CT molecular complexity index is 295. The van der Waals surface area contributed by atoms with E-state index in [1.54, 1.807) is 6.07 Å². The number of hydrogen-bond acceptors (Lipinski definition) is 1. The van der Waals surface area contributed by atoms with Gasteiger partial charge in [0.15, 0.2) is 0 Å². The van der Waals surface area contributed by atoms with Crippen molar-refractivity contribution in [3.63, 3.8) is 0 Å². The van der Waals surface area contributed by atoms with Crippen LogP contribution in [0, 0.1) is 6.92 Å². The Hall–Kier alpha value is -0.240. The molecule has 0 bridgehead atoms. The summed E-state index contributed by atoms with van der Waals surface area (Å²) in [5.41, 5.74) is 7.75. The summed E-state index contributed by atoms with van der Waals surface area (Å²) in [5.74, 6) is 0. The zero-order chi connectivity index (χ0) is 9.30. The zero-order valence-corrected chi connectivity index (χ0v) is 8.58. The van der Waals surface area contributed by atoms with Crippen LogP contribution in [0.5, 0.6) is 0 Å². The summed E-state index contributed by atoms with van der Waals surface area (Å²) < 4.78 is 0.